The van der Waals surface area contributed by atoms with Crippen LogP contribution in [0.25, 0.3) is 11.0 Å². The van der Waals surface area contributed by atoms with Crippen LogP contribution in [0.3, 0.4) is 0 Å². The highest BCUT2D eigenvalue weighted by Gasteiger charge is 2.52. The predicted octanol–water partition coefficient (Wildman–Crippen LogP) is 6.20. The number of nitrogens with zero attached hydrogens (tertiary/aromatic N) is 3. The number of rotatable bonds is 8. The van der Waals surface area contributed by atoms with E-state index < -0.39 is 42.4 Å². The summed E-state index contributed by atoms with van der Waals surface area (Å²) in [6.45, 7) is 1.40. The second-order valence-corrected chi connectivity index (χ2v) is 11.7. The highest BCUT2D eigenvalue weighted by Crippen LogP contribution is 2.39. The number of ether oxygens (including phenoxy) is 4. The Morgan fingerprint density at radius 2 is 1.31 bits per heavy atom. The minimum atomic E-state index is -1.19. The Morgan fingerprint density at radius 1 is 0.800 bits per heavy atom. The zero-order chi connectivity index (χ0) is 31.5. The van der Waals surface area contributed by atoms with Gasteiger partial charge in [0.2, 0.25) is 0 Å². The van der Waals surface area contributed by atoms with Gasteiger partial charge in [-0.1, -0.05) is 66.2 Å². The van der Waals surface area contributed by atoms with E-state index in [-0.39, 0.29) is 22.9 Å². The molecule has 10 nitrogen and oxygen atoms in total. The van der Waals surface area contributed by atoms with Crippen molar-refractivity contribution >= 4 is 63.1 Å². The van der Waals surface area contributed by atoms with E-state index in [0.717, 1.165) is 3.57 Å². The fraction of sp³-hybridized carbons (Fsp3) is 0.182. The van der Waals surface area contributed by atoms with Gasteiger partial charge >= 0.3 is 17.9 Å². The molecular weight excluding hydrogens is 713 g/mol. The van der Waals surface area contributed by atoms with E-state index in [0.29, 0.717) is 22.4 Å². The second kappa shape index (κ2) is 13.3. The summed E-state index contributed by atoms with van der Waals surface area (Å²) in [6.07, 6.45) is -2.72. The van der Waals surface area contributed by atoms with E-state index in [9.17, 15) is 14.4 Å². The lowest BCUT2D eigenvalue weighted by molar-refractivity contribution is -0.0604. The van der Waals surface area contributed by atoms with Crippen LogP contribution in [-0.4, -0.2) is 57.4 Å². The van der Waals surface area contributed by atoms with Gasteiger partial charge in [0.25, 0.3) is 0 Å². The van der Waals surface area contributed by atoms with Gasteiger partial charge in [-0.05, 0) is 65.9 Å². The van der Waals surface area contributed by atoms with Gasteiger partial charge in [-0.25, -0.2) is 24.4 Å². The first-order chi connectivity index (χ1) is 21.8. The number of hydrogen-bond donors (Lipinski definition) is 0. The summed E-state index contributed by atoms with van der Waals surface area (Å²) < 4.78 is 26.6. The Kier molecular flexibility index (Phi) is 9.10. The molecule has 4 atom stereocenters. The molecule has 3 aromatic carbocycles. The van der Waals surface area contributed by atoms with Crippen LogP contribution in [0.4, 0.5) is 0 Å². The minimum Gasteiger partial charge on any atom is -0.459 e. The molecule has 0 N–H and O–H groups in total. The lowest BCUT2D eigenvalue weighted by Crippen LogP contribution is -2.41. The first kappa shape index (κ1) is 30.7. The SMILES string of the molecule is Cc1nc(Cl)c2c(I)cn([C@@H]3O[C@H](COC(=O)c4ccccc4)[C@@H](OC(=O)c4ccccc4)[C@H]3OC(=O)c3ccccc3)c2n1. The first-order valence-corrected chi connectivity index (χ1v) is 15.4. The fourth-order valence-electron chi connectivity index (χ4n) is 5.04. The maximum absolute atomic E-state index is 13.5. The van der Waals surface area contributed by atoms with Crippen LogP contribution in [0.15, 0.2) is 97.2 Å². The van der Waals surface area contributed by atoms with Gasteiger partial charge in [-0.15, -0.1) is 0 Å². The molecule has 0 saturated carbocycles. The number of carbonyl (C=O) groups excluding carboxylic acids is 3. The van der Waals surface area contributed by atoms with Gasteiger partial charge in [-0.3, -0.25) is 0 Å². The molecule has 0 amide bonds. The summed E-state index contributed by atoms with van der Waals surface area (Å²) in [7, 11) is 0. The van der Waals surface area contributed by atoms with Gasteiger partial charge < -0.3 is 23.5 Å². The molecule has 1 fully saturated rings. The van der Waals surface area contributed by atoms with Crippen molar-refractivity contribution < 1.29 is 33.3 Å². The molecule has 0 unspecified atom stereocenters. The van der Waals surface area contributed by atoms with Crippen LogP contribution >= 0.6 is 34.2 Å². The maximum Gasteiger partial charge on any atom is 0.338 e. The summed E-state index contributed by atoms with van der Waals surface area (Å²) >= 11 is 8.61. The predicted molar refractivity (Wildman–Crippen MR) is 172 cm³/mol. The van der Waals surface area contributed by atoms with E-state index in [1.807, 2.05) is 0 Å². The molecule has 1 aliphatic rings. The zero-order valence-corrected chi connectivity index (χ0v) is 26.6. The van der Waals surface area contributed by atoms with Crippen molar-refractivity contribution in [3.05, 3.63) is 128 Å². The molecule has 1 saturated heterocycles. The summed E-state index contributed by atoms with van der Waals surface area (Å²) in [4.78, 5) is 48.6. The van der Waals surface area contributed by atoms with Crippen LogP contribution in [0.2, 0.25) is 5.15 Å². The van der Waals surface area contributed by atoms with E-state index >= 15 is 0 Å². The van der Waals surface area contributed by atoms with Crippen LogP contribution in [0.1, 0.15) is 43.1 Å². The quantitative estimate of drug-likeness (QED) is 0.0794. The largest absolute Gasteiger partial charge is 0.459 e. The average molecular weight is 738 g/mol. The van der Waals surface area contributed by atoms with Crippen molar-refractivity contribution in [2.24, 2.45) is 0 Å². The van der Waals surface area contributed by atoms with Crippen molar-refractivity contribution in [2.75, 3.05) is 6.61 Å². The Hall–Kier alpha value is -4.33. The van der Waals surface area contributed by atoms with Crippen LogP contribution in [0.5, 0.6) is 0 Å². The van der Waals surface area contributed by atoms with Gasteiger partial charge in [0, 0.05) is 9.77 Å². The third-order valence-electron chi connectivity index (χ3n) is 7.15. The molecule has 228 valence electrons. The Bertz CT molecular complexity index is 1850. The minimum absolute atomic E-state index is 0.247. The van der Waals surface area contributed by atoms with Gasteiger partial charge in [-0.2, -0.15) is 0 Å². The van der Waals surface area contributed by atoms with Crippen LogP contribution < -0.4 is 0 Å². The lowest BCUT2D eigenvalue weighted by atomic mass is 10.1. The molecule has 0 aliphatic carbocycles. The molecular formula is C33H25ClIN3O7. The molecule has 0 bridgehead atoms. The molecule has 0 spiro atoms. The number of benzene rings is 3. The van der Waals surface area contributed by atoms with Crippen molar-refractivity contribution in [3.63, 3.8) is 0 Å². The standard InChI is InChI=1S/C33H25ClIN3O7/c1-19-36-28(34)25-23(35)17-38(29(25)37-19)30-27(45-33(41)22-15-9-4-10-16-22)26(44-32(40)21-13-7-3-8-14-21)24(43-30)18-42-31(39)20-11-5-2-6-12-20/h2-17,24,26-27,30H,18H2,1H3/t24-,26-,27-,30-/m1/s1. The highest BCUT2D eigenvalue weighted by molar-refractivity contribution is 14.1. The number of hydrogen-bond acceptors (Lipinski definition) is 9. The van der Waals surface area contributed by atoms with Gasteiger partial charge in [0.15, 0.2) is 18.4 Å². The molecule has 2 aromatic heterocycles. The maximum atomic E-state index is 13.5. The van der Waals surface area contributed by atoms with Crippen molar-refractivity contribution in [2.45, 2.75) is 31.5 Å². The molecule has 12 heteroatoms. The Labute approximate surface area is 276 Å². The lowest BCUT2D eigenvalue weighted by Gasteiger charge is -2.25. The summed E-state index contributed by atoms with van der Waals surface area (Å²) in [5, 5.41) is 0.827. The average Bonchev–Trinajstić information content (AvgIpc) is 3.56. The topological polar surface area (TPSA) is 119 Å². The number of esters is 3. The Balaban J connectivity index is 1.41. The molecule has 1 aliphatic heterocycles. The molecule has 0 radical (unpaired) electrons. The molecule has 5 aromatic rings. The highest BCUT2D eigenvalue weighted by atomic mass is 127. The van der Waals surface area contributed by atoms with Gasteiger partial charge in [0.1, 0.15) is 29.3 Å². The van der Waals surface area contributed by atoms with Crippen molar-refractivity contribution in [3.8, 4) is 0 Å². The molecule has 6 rings (SSSR count). The van der Waals surface area contributed by atoms with Crippen molar-refractivity contribution in [1.29, 1.82) is 0 Å². The van der Waals surface area contributed by atoms with Crippen molar-refractivity contribution in [1.82, 2.24) is 14.5 Å². The third kappa shape index (κ3) is 6.56. The third-order valence-corrected chi connectivity index (χ3v) is 8.24. The van der Waals surface area contributed by atoms with Crippen LogP contribution in [0, 0.1) is 10.5 Å². The van der Waals surface area contributed by atoms with Crippen LogP contribution in [-0.2, 0) is 18.9 Å². The number of fused-ring (bicyclic) bond motifs is 1. The molecule has 3 heterocycles. The number of aromatic nitrogens is 3. The number of carbonyl (C=O) groups is 3. The number of aryl methyl sites for hydroxylation is 1. The first-order valence-electron chi connectivity index (χ1n) is 13.9. The van der Waals surface area contributed by atoms with Gasteiger partial charge in [0.05, 0.1) is 22.1 Å². The van der Waals surface area contributed by atoms with E-state index in [4.69, 9.17) is 30.5 Å². The second-order valence-electron chi connectivity index (χ2n) is 10.1. The van der Waals surface area contributed by atoms with E-state index in [1.165, 1.54) is 0 Å². The molecule has 45 heavy (non-hydrogen) atoms. The normalized spacial score (nSPS) is 19.3. The number of halogens is 2. The summed E-state index contributed by atoms with van der Waals surface area (Å²) in [5.74, 6) is -1.51. The summed E-state index contributed by atoms with van der Waals surface area (Å²) in [6, 6.07) is 25.3. The fourth-order valence-corrected chi connectivity index (χ4v) is 6.30. The smallest absolute Gasteiger partial charge is 0.338 e. The van der Waals surface area contributed by atoms with E-state index in [1.54, 1.807) is 109 Å². The zero-order valence-electron chi connectivity index (χ0n) is 23.7. The Morgan fingerprint density at radius 3 is 1.87 bits per heavy atom. The monoisotopic (exact) mass is 737 g/mol. The van der Waals surface area contributed by atoms with E-state index in [2.05, 4.69) is 32.6 Å². The summed E-state index contributed by atoms with van der Waals surface area (Å²) in [5.41, 5.74) is 1.34.